The molecule has 9 nitrogen and oxygen atoms in total. The van der Waals surface area contributed by atoms with E-state index in [9.17, 15) is 25.2 Å². The fourth-order valence-electron chi connectivity index (χ4n) is 5.91. The van der Waals surface area contributed by atoms with Crippen molar-refractivity contribution in [2.45, 2.75) is 115 Å². The third-order valence-corrected chi connectivity index (χ3v) is 8.35. The Morgan fingerprint density at radius 2 is 1.50 bits per heavy atom. The molecule has 3 fully saturated rings. The molecule has 2 bridgehead atoms. The van der Waals surface area contributed by atoms with Crippen molar-refractivity contribution in [3.8, 4) is 5.75 Å². The summed E-state index contributed by atoms with van der Waals surface area (Å²) < 4.78 is 17.9. The Kier molecular flexibility index (Phi) is 10.1. The summed E-state index contributed by atoms with van der Waals surface area (Å²) in [6.07, 6.45) is 1.77. The molecule has 0 aromatic heterocycles. The summed E-state index contributed by atoms with van der Waals surface area (Å²) in [7, 11) is 2.15. The number of piperidine rings is 1. The number of hydrogen-bond donors (Lipinski definition) is 4. The largest absolute Gasteiger partial charge is 0.461 e. The monoisotopic (exact) mass is 559 g/mol. The van der Waals surface area contributed by atoms with Gasteiger partial charge in [0.15, 0.2) is 0 Å². The average Bonchev–Trinajstić information content (AvgIpc) is 3.10. The minimum absolute atomic E-state index is 0.117. The van der Waals surface area contributed by atoms with Gasteiger partial charge in [0.05, 0.1) is 12.2 Å². The van der Waals surface area contributed by atoms with Crippen LogP contribution in [-0.4, -0.2) is 93.8 Å². The summed E-state index contributed by atoms with van der Waals surface area (Å²) >= 11 is 0. The molecule has 1 aromatic rings. The van der Waals surface area contributed by atoms with Crippen molar-refractivity contribution < 1.29 is 39.4 Å². The minimum Gasteiger partial charge on any atom is -0.461 e. The van der Waals surface area contributed by atoms with Crippen LogP contribution < -0.4 is 4.74 Å². The molecule has 222 valence electrons. The molecule has 40 heavy (non-hydrogen) atoms. The molecule has 7 atom stereocenters. The van der Waals surface area contributed by atoms with Crippen LogP contribution in [0, 0.1) is 0 Å². The second-order valence-electron chi connectivity index (χ2n) is 12.0. The van der Waals surface area contributed by atoms with E-state index in [1.165, 1.54) is 0 Å². The van der Waals surface area contributed by atoms with E-state index in [2.05, 4.69) is 11.9 Å². The summed E-state index contributed by atoms with van der Waals surface area (Å²) in [4.78, 5) is 15.9. The maximum absolute atomic E-state index is 13.5. The van der Waals surface area contributed by atoms with Crippen molar-refractivity contribution in [3.63, 3.8) is 0 Å². The molecule has 0 saturated carbocycles. The molecule has 4 rings (SSSR count). The van der Waals surface area contributed by atoms with Gasteiger partial charge in [-0.3, -0.25) is 0 Å². The van der Waals surface area contributed by atoms with E-state index >= 15 is 0 Å². The van der Waals surface area contributed by atoms with E-state index in [0.29, 0.717) is 47.4 Å². The van der Waals surface area contributed by atoms with Gasteiger partial charge in [-0.15, -0.1) is 0 Å². The van der Waals surface area contributed by atoms with Crippen LogP contribution in [0.2, 0.25) is 0 Å². The van der Waals surface area contributed by atoms with Gasteiger partial charge in [0.2, 0.25) is 6.29 Å². The lowest BCUT2D eigenvalue weighted by atomic mass is 9.97. The zero-order valence-electron chi connectivity index (χ0n) is 24.2. The fourth-order valence-corrected chi connectivity index (χ4v) is 5.91. The number of ether oxygens (including phenoxy) is 3. The number of nitrogens with zero attached hydrogens (tertiary/aromatic N) is 1. The van der Waals surface area contributed by atoms with Crippen LogP contribution in [0.1, 0.15) is 74.9 Å². The highest BCUT2D eigenvalue weighted by Crippen LogP contribution is 2.37. The van der Waals surface area contributed by atoms with Gasteiger partial charge in [0, 0.05) is 24.9 Å². The maximum atomic E-state index is 13.5. The van der Waals surface area contributed by atoms with Crippen LogP contribution in [-0.2, 0) is 22.3 Å². The van der Waals surface area contributed by atoms with E-state index in [1.807, 2.05) is 39.8 Å². The number of carbonyl (C=O) groups excluding carboxylic acids is 1. The summed E-state index contributed by atoms with van der Waals surface area (Å²) in [5, 5.41) is 40.8. The van der Waals surface area contributed by atoms with Crippen LogP contribution >= 0.6 is 0 Å². The number of aliphatic hydroxyl groups excluding tert-OH is 4. The summed E-state index contributed by atoms with van der Waals surface area (Å²) in [6.45, 7) is 7.37. The first-order valence-corrected chi connectivity index (χ1v) is 14.3. The number of hydrogen-bond acceptors (Lipinski definition) is 9. The number of aliphatic hydroxyl groups is 4. The zero-order valence-corrected chi connectivity index (χ0v) is 24.2. The molecule has 0 radical (unpaired) electrons. The van der Waals surface area contributed by atoms with E-state index in [1.54, 1.807) is 12.1 Å². The number of esters is 1. The fraction of sp³-hybridized carbons (Fsp3) is 0.645. The van der Waals surface area contributed by atoms with Gasteiger partial charge in [-0.1, -0.05) is 23.3 Å². The average molecular weight is 560 g/mol. The summed E-state index contributed by atoms with van der Waals surface area (Å²) in [6, 6.07) is 4.42. The Balaban J connectivity index is 1.67. The van der Waals surface area contributed by atoms with Crippen molar-refractivity contribution >= 4 is 5.97 Å². The van der Waals surface area contributed by atoms with Crippen LogP contribution in [0.25, 0.3) is 0 Å². The maximum Gasteiger partial charge on any atom is 0.338 e. The molecule has 3 aliphatic heterocycles. The van der Waals surface area contributed by atoms with Gasteiger partial charge in [-0.2, -0.15) is 0 Å². The third-order valence-electron chi connectivity index (χ3n) is 8.35. The molecule has 3 saturated heterocycles. The van der Waals surface area contributed by atoms with Crippen molar-refractivity contribution in [2.24, 2.45) is 0 Å². The predicted octanol–water partition coefficient (Wildman–Crippen LogP) is 2.66. The molecule has 3 heterocycles. The first-order valence-electron chi connectivity index (χ1n) is 14.3. The Hall–Kier alpha value is -2.27. The number of benzene rings is 1. The standard InChI is InChI=1S/C31H45NO8/c1-17(2)6-8-19-12-21(30(37)38-24-14-22-10-11-23(15-24)32(22)5)13-20(9-7-18(3)4)29(19)40-31-28(36)27(35)26(34)25(16-33)39-31/h6-7,12-13,22-28,31,33-36H,8-11,14-16H2,1-5H3. The lowest BCUT2D eigenvalue weighted by Crippen LogP contribution is -2.60. The number of allylic oxidation sites excluding steroid dienone is 4. The van der Waals surface area contributed by atoms with Crippen LogP contribution in [0.3, 0.4) is 0 Å². The molecule has 0 amide bonds. The Morgan fingerprint density at radius 1 is 0.950 bits per heavy atom. The summed E-state index contributed by atoms with van der Waals surface area (Å²) in [5.41, 5.74) is 4.00. The molecule has 0 aliphatic carbocycles. The molecular weight excluding hydrogens is 514 g/mol. The SMILES string of the molecule is CC(C)=CCc1cc(C(=O)OC2CC3CCC(C2)N3C)cc(CC=C(C)C)c1OC1OC(CO)C(O)C(O)C1O. The highest BCUT2D eigenvalue weighted by Gasteiger charge is 2.45. The minimum atomic E-state index is -1.56. The van der Waals surface area contributed by atoms with Gasteiger partial charge >= 0.3 is 5.97 Å². The second-order valence-corrected chi connectivity index (χ2v) is 12.0. The van der Waals surface area contributed by atoms with Crippen molar-refractivity contribution in [1.29, 1.82) is 0 Å². The van der Waals surface area contributed by atoms with Crippen molar-refractivity contribution in [3.05, 3.63) is 52.1 Å². The Morgan fingerprint density at radius 3 is 2.00 bits per heavy atom. The normalized spacial score (nSPS) is 31.9. The first-order chi connectivity index (χ1) is 19.0. The first kappa shape index (κ1) is 30.7. The Labute approximate surface area is 237 Å². The Bertz CT molecular complexity index is 1050. The molecule has 0 spiro atoms. The number of rotatable bonds is 9. The lowest BCUT2D eigenvalue weighted by Gasteiger charge is -2.40. The van der Waals surface area contributed by atoms with E-state index in [-0.39, 0.29) is 12.1 Å². The molecule has 3 aliphatic rings. The van der Waals surface area contributed by atoms with Gasteiger partial charge in [0.25, 0.3) is 0 Å². The van der Waals surface area contributed by atoms with Gasteiger partial charge in [-0.05, 0) is 83.7 Å². The van der Waals surface area contributed by atoms with Gasteiger partial charge in [-0.25, -0.2) is 4.79 Å². The van der Waals surface area contributed by atoms with Gasteiger partial charge < -0.3 is 39.5 Å². The molecular formula is C31H45NO8. The smallest absolute Gasteiger partial charge is 0.338 e. The lowest BCUT2D eigenvalue weighted by molar-refractivity contribution is -0.277. The van der Waals surface area contributed by atoms with Gasteiger partial charge in [0.1, 0.15) is 36.3 Å². The van der Waals surface area contributed by atoms with Crippen LogP contribution in [0.4, 0.5) is 0 Å². The second kappa shape index (κ2) is 13.1. The number of carbonyl (C=O) groups is 1. The molecule has 7 unspecified atom stereocenters. The summed E-state index contributed by atoms with van der Waals surface area (Å²) in [5.74, 6) is 0.0541. The van der Waals surface area contributed by atoms with E-state index in [4.69, 9.17) is 14.2 Å². The van der Waals surface area contributed by atoms with Crippen molar-refractivity contribution in [1.82, 2.24) is 4.90 Å². The molecule has 1 aromatic carbocycles. The highest BCUT2D eigenvalue weighted by atomic mass is 16.7. The molecule has 9 heteroatoms. The molecule has 4 N–H and O–H groups in total. The predicted molar refractivity (Wildman–Crippen MR) is 150 cm³/mol. The highest BCUT2D eigenvalue weighted by molar-refractivity contribution is 5.90. The van der Waals surface area contributed by atoms with Crippen LogP contribution in [0.5, 0.6) is 5.75 Å². The topological polar surface area (TPSA) is 129 Å². The quantitative estimate of drug-likeness (QED) is 0.267. The third kappa shape index (κ3) is 6.95. The zero-order chi connectivity index (χ0) is 29.1. The van der Waals surface area contributed by atoms with E-state index < -0.39 is 37.3 Å². The van der Waals surface area contributed by atoms with Crippen LogP contribution in [0.15, 0.2) is 35.4 Å². The van der Waals surface area contributed by atoms with E-state index in [0.717, 1.165) is 36.8 Å². The van der Waals surface area contributed by atoms with Crippen molar-refractivity contribution in [2.75, 3.05) is 13.7 Å². The number of fused-ring (bicyclic) bond motifs is 2.